The molecule has 4 rings (SSSR count). The van der Waals surface area contributed by atoms with Crippen LogP contribution in [0.3, 0.4) is 0 Å². The van der Waals surface area contributed by atoms with Crippen molar-refractivity contribution in [3.63, 3.8) is 0 Å². The number of anilines is 2. The van der Waals surface area contributed by atoms with Crippen LogP contribution in [0.4, 0.5) is 16.0 Å². The molecule has 0 fully saturated rings. The molecule has 154 valence electrons. The normalized spacial score (nSPS) is 14.8. The summed E-state index contributed by atoms with van der Waals surface area (Å²) >= 11 is 6.04. The van der Waals surface area contributed by atoms with E-state index in [0.29, 0.717) is 33.6 Å². The number of halogens is 2. The molecule has 0 spiro atoms. The number of ether oxygens (including phenoxy) is 1. The molecule has 2 N–H and O–H groups in total. The second kappa shape index (κ2) is 8.93. The lowest BCUT2D eigenvalue weighted by atomic mass is 9.95. The number of methoxy groups -OCH3 is 1. The summed E-state index contributed by atoms with van der Waals surface area (Å²) in [5.41, 5.74) is 3.79. The van der Waals surface area contributed by atoms with Gasteiger partial charge in [0.25, 0.3) is 0 Å². The van der Waals surface area contributed by atoms with E-state index in [1.807, 2.05) is 24.3 Å². The zero-order valence-corrected chi connectivity index (χ0v) is 17.3. The van der Waals surface area contributed by atoms with Gasteiger partial charge in [-0.1, -0.05) is 23.7 Å². The molecule has 0 saturated heterocycles. The lowest BCUT2D eigenvalue weighted by Crippen LogP contribution is -2.07. The van der Waals surface area contributed by atoms with Crippen LogP contribution >= 0.6 is 11.6 Å². The van der Waals surface area contributed by atoms with Crippen LogP contribution in [0.1, 0.15) is 11.3 Å². The molecule has 1 heterocycles. The van der Waals surface area contributed by atoms with E-state index >= 15 is 0 Å². The predicted octanol–water partition coefficient (Wildman–Crippen LogP) is 6.04. The quantitative estimate of drug-likeness (QED) is 0.482. The van der Waals surface area contributed by atoms with Crippen molar-refractivity contribution in [2.45, 2.75) is 0 Å². The average Bonchev–Trinajstić information content (AvgIpc) is 2.77. The van der Waals surface area contributed by atoms with Gasteiger partial charge in [-0.15, -0.1) is 0 Å². The van der Waals surface area contributed by atoms with Crippen molar-refractivity contribution in [3.05, 3.63) is 107 Å². The van der Waals surface area contributed by atoms with Crippen LogP contribution in [0.5, 0.6) is 0 Å². The van der Waals surface area contributed by atoms with Crippen LogP contribution in [-0.2, 0) is 4.74 Å². The molecular weight excluding hydrogens is 415 g/mol. The number of allylic oxidation sites excluding steroid dienone is 5. The van der Waals surface area contributed by atoms with Gasteiger partial charge in [-0.05, 0) is 60.7 Å². The molecule has 0 saturated carbocycles. The maximum atomic E-state index is 13.3. The van der Waals surface area contributed by atoms with E-state index in [1.165, 1.54) is 19.2 Å². The standard InChI is InChI=1S/C24H18ClFN4O/c1-31-23(15-5-8-18(26)9-6-15)20-13-16(7-10-21(20)27)22-11-12-28-24(30-22)29-19-4-2-3-17(25)14-19/h2-14,27H,1H3,(H,28,29,30)/b23-20-,27-21?. The number of benzene rings is 2. The summed E-state index contributed by atoms with van der Waals surface area (Å²) < 4.78 is 18.9. The summed E-state index contributed by atoms with van der Waals surface area (Å²) in [6, 6.07) is 15.0. The minimum absolute atomic E-state index is 0.288. The fourth-order valence-electron chi connectivity index (χ4n) is 3.15. The molecule has 0 unspecified atom stereocenters. The van der Waals surface area contributed by atoms with Crippen LogP contribution in [0.15, 0.2) is 84.6 Å². The maximum Gasteiger partial charge on any atom is 0.227 e. The Bertz CT molecular complexity index is 1230. The molecule has 2 aromatic carbocycles. The first kappa shape index (κ1) is 20.5. The number of rotatable bonds is 5. The van der Waals surface area contributed by atoms with E-state index in [1.54, 1.807) is 42.6 Å². The number of nitrogens with zero attached hydrogens (tertiary/aromatic N) is 2. The number of hydrogen-bond donors (Lipinski definition) is 2. The Morgan fingerprint density at radius 1 is 1.10 bits per heavy atom. The Kier molecular flexibility index (Phi) is 5.91. The van der Waals surface area contributed by atoms with Gasteiger partial charge in [-0.25, -0.2) is 14.4 Å². The van der Waals surface area contributed by atoms with E-state index < -0.39 is 0 Å². The van der Waals surface area contributed by atoms with Crippen molar-refractivity contribution in [1.29, 1.82) is 5.41 Å². The highest BCUT2D eigenvalue weighted by molar-refractivity contribution is 6.30. The monoisotopic (exact) mass is 432 g/mol. The first-order valence-electron chi connectivity index (χ1n) is 9.42. The SMILES string of the molecule is CO/C(=C1/C=C(c2ccnc(Nc3cccc(Cl)c3)n2)C=CC1=N)c1ccc(F)cc1. The molecule has 0 amide bonds. The smallest absolute Gasteiger partial charge is 0.227 e. The number of nitrogens with one attached hydrogen (secondary N) is 2. The summed E-state index contributed by atoms with van der Waals surface area (Å²) in [4.78, 5) is 8.85. The third-order valence-electron chi connectivity index (χ3n) is 4.61. The first-order chi connectivity index (χ1) is 15.0. The molecule has 0 aliphatic heterocycles. The highest BCUT2D eigenvalue weighted by atomic mass is 35.5. The summed E-state index contributed by atoms with van der Waals surface area (Å²) in [5, 5.41) is 12.1. The van der Waals surface area contributed by atoms with Gasteiger partial charge in [0.2, 0.25) is 5.95 Å². The Labute approximate surface area is 184 Å². The Morgan fingerprint density at radius 3 is 2.65 bits per heavy atom. The molecule has 31 heavy (non-hydrogen) atoms. The van der Waals surface area contributed by atoms with Crippen molar-refractivity contribution in [2.24, 2.45) is 0 Å². The van der Waals surface area contributed by atoms with E-state index in [-0.39, 0.29) is 11.5 Å². The summed E-state index contributed by atoms with van der Waals surface area (Å²) in [6.45, 7) is 0. The molecule has 1 aromatic heterocycles. The summed E-state index contributed by atoms with van der Waals surface area (Å²) in [7, 11) is 1.53. The van der Waals surface area contributed by atoms with Gasteiger partial charge < -0.3 is 15.5 Å². The van der Waals surface area contributed by atoms with Gasteiger partial charge in [0.15, 0.2) is 0 Å². The fourth-order valence-corrected chi connectivity index (χ4v) is 3.34. The predicted molar refractivity (Wildman–Crippen MR) is 122 cm³/mol. The van der Waals surface area contributed by atoms with Crippen molar-refractivity contribution in [2.75, 3.05) is 12.4 Å². The number of hydrogen-bond acceptors (Lipinski definition) is 5. The molecule has 7 heteroatoms. The average molecular weight is 433 g/mol. The molecule has 1 aliphatic rings. The first-order valence-corrected chi connectivity index (χ1v) is 9.80. The molecule has 3 aromatic rings. The third-order valence-corrected chi connectivity index (χ3v) is 4.84. The van der Waals surface area contributed by atoms with E-state index in [9.17, 15) is 4.39 Å². The van der Waals surface area contributed by atoms with Crippen LogP contribution in [0.25, 0.3) is 11.3 Å². The van der Waals surface area contributed by atoms with Crippen LogP contribution in [0, 0.1) is 11.2 Å². The van der Waals surface area contributed by atoms with Gasteiger partial charge >= 0.3 is 0 Å². The lowest BCUT2D eigenvalue weighted by Gasteiger charge is -2.16. The summed E-state index contributed by atoms with van der Waals surface area (Å²) in [5.74, 6) is 0.573. The number of aromatic nitrogens is 2. The lowest BCUT2D eigenvalue weighted by molar-refractivity contribution is 0.369. The van der Waals surface area contributed by atoms with E-state index in [2.05, 4.69) is 15.3 Å². The highest BCUT2D eigenvalue weighted by Gasteiger charge is 2.17. The maximum absolute atomic E-state index is 13.3. The van der Waals surface area contributed by atoms with Crippen LogP contribution in [0.2, 0.25) is 5.02 Å². The molecule has 0 bridgehead atoms. The largest absolute Gasteiger partial charge is 0.495 e. The molecule has 5 nitrogen and oxygen atoms in total. The van der Waals surface area contributed by atoms with Gasteiger partial charge in [0, 0.05) is 33.6 Å². The van der Waals surface area contributed by atoms with Gasteiger partial charge in [-0.3, -0.25) is 0 Å². The van der Waals surface area contributed by atoms with Crippen LogP contribution < -0.4 is 5.32 Å². The van der Waals surface area contributed by atoms with Crippen molar-refractivity contribution < 1.29 is 9.13 Å². The molecule has 0 atom stereocenters. The Hall–Kier alpha value is -3.77. The zero-order valence-electron chi connectivity index (χ0n) is 16.6. The second-order valence-corrected chi connectivity index (χ2v) is 7.14. The minimum atomic E-state index is -0.334. The molecular formula is C24H18ClFN4O. The topological polar surface area (TPSA) is 70.9 Å². The molecule has 1 aliphatic carbocycles. The van der Waals surface area contributed by atoms with Crippen molar-refractivity contribution >= 4 is 40.3 Å². The van der Waals surface area contributed by atoms with E-state index in [0.717, 1.165) is 11.3 Å². The van der Waals surface area contributed by atoms with Gasteiger partial charge in [0.05, 0.1) is 18.5 Å². The van der Waals surface area contributed by atoms with Crippen molar-refractivity contribution in [3.8, 4) is 0 Å². The molecule has 0 radical (unpaired) electrons. The van der Waals surface area contributed by atoms with Gasteiger partial charge in [0.1, 0.15) is 11.6 Å². The minimum Gasteiger partial charge on any atom is -0.495 e. The Morgan fingerprint density at radius 2 is 1.90 bits per heavy atom. The summed E-state index contributed by atoms with van der Waals surface area (Å²) in [6.07, 6.45) is 6.98. The van der Waals surface area contributed by atoms with Gasteiger partial charge in [-0.2, -0.15) is 0 Å². The highest BCUT2D eigenvalue weighted by Crippen LogP contribution is 2.29. The second-order valence-electron chi connectivity index (χ2n) is 6.70. The fraction of sp³-hybridized carbons (Fsp3) is 0.0417. The van der Waals surface area contributed by atoms with Crippen molar-refractivity contribution in [1.82, 2.24) is 9.97 Å². The Balaban J connectivity index is 1.70. The zero-order chi connectivity index (χ0) is 21.8. The van der Waals surface area contributed by atoms with E-state index in [4.69, 9.17) is 21.7 Å². The van der Waals surface area contributed by atoms with Crippen LogP contribution in [-0.4, -0.2) is 22.8 Å². The third kappa shape index (κ3) is 4.70.